The van der Waals surface area contributed by atoms with E-state index in [0.717, 1.165) is 17.2 Å². The van der Waals surface area contributed by atoms with E-state index in [2.05, 4.69) is 22.6 Å². The van der Waals surface area contributed by atoms with Gasteiger partial charge in [0.15, 0.2) is 0 Å². The maximum atomic E-state index is 9.12. The Hall–Kier alpha value is -0.100. The van der Waals surface area contributed by atoms with Gasteiger partial charge in [-0.15, -0.1) is 11.3 Å². The Bertz CT molecular complexity index is 287. The summed E-state index contributed by atoms with van der Waals surface area (Å²) in [4.78, 5) is 4.38. The second kappa shape index (κ2) is 6.48. The molecule has 5 heteroatoms. The largest absolute Gasteiger partial charge is 0.395 e. The van der Waals surface area contributed by atoms with Crippen LogP contribution >= 0.6 is 23.1 Å². The van der Waals surface area contributed by atoms with Crippen LogP contribution in [0.5, 0.6) is 0 Å². The summed E-state index contributed by atoms with van der Waals surface area (Å²) in [5.41, 5.74) is 1.08. The second-order valence-corrected chi connectivity index (χ2v) is 5.53. The minimum atomic E-state index is 0.215. The van der Waals surface area contributed by atoms with Crippen molar-refractivity contribution in [2.24, 2.45) is 0 Å². The lowest BCUT2D eigenvalue weighted by atomic mass is 10.2. The number of aliphatic hydroxyl groups excluding tert-OH is 1. The molecule has 0 saturated heterocycles. The summed E-state index contributed by atoms with van der Waals surface area (Å²) in [6.45, 7) is 5.10. The van der Waals surface area contributed by atoms with Gasteiger partial charge in [0.05, 0.1) is 6.61 Å². The molecule has 3 nitrogen and oxygen atoms in total. The van der Waals surface area contributed by atoms with Crippen LogP contribution < -0.4 is 5.32 Å². The SMILES string of the molecule is CSC(CO)C(C)NCc1nc(C)cs1. The number of aliphatic hydroxyl groups is 1. The van der Waals surface area contributed by atoms with Gasteiger partial charge in [-0.2, -0.15) is 11.8 Å². The van der Waals surface area contributed by atoms with Crippen LogP contribution in [0.3, 0.4) is 0 Å². The lowest BCUT2D eigenvalue weighted by Gasteiger charge is -2.20. The average molecular weight is 246 g/mol. The molecule has 0 aliphatic heterocycles. The van der Waals surface area contributed by atoms with Gasteiger partial charge < -0.3 is 10.4 Å². The molecule has 0 amide bonds. The number of rotatable bonds is 6. The van der Waals surface area contributed by atoms with Crippen LogP contribution in [0.2, 0.25) is 0 Å². The zero-order valence-corrected chi connectivity index (χ0v) is 11.0. The lowest BCUT2D eigenvalue weighted by Crippen LogP contribution is -2.37. The van der Waals surface area contributed by atoms with Crippen molar-refractivity contribution in [2.45, 2.75) is 31.7 Å². The second-order valence-electron chi connectivity index (χ2n) is 3.51. The van der Waals surface area contributed by atoms with E-state index in [1.807, 2.05) is 13.2 Å². The molecular weight excluding hydrogens is 228 g/mol. The van der Waals surface area contributed by atoms with Crippen molar-refractivity contribution in [1.82, 2.24) is 10.3 Å². The minimum Gasteiger partial charge on any atom is -0.395 e. The number of hydrogen-bond donors (Lipinski definition) is 2. The maximum Gasteiger partial charge on any atom is 0.107 e. The third-order valence-corrected chi connectivity index (χ3v) is 4.41. The summed E-state index contributed by atoms with van der Waals surface area (Å²) in [5, 5.41) is 15.9. The fourth-order valence-electron chi connectivity index (χ4n) is 1.30. The summed E-state index contributed by atoms with van der Waals surface area (Å²) in [5.74, 6) is 0. The van der Waals surface area contributed by atoms with E-state index in [4.69, 9.17) is 5.11 Å². The van der Waals surface area contributed by atoms with E-state index >= 15 is 0 Å². The summed E-state index contributed by atoms with van der Waals surface area (Å²) >= 11 is 3.36. The maximum absolute atomic E-state index is 9.12. The number of thioether (sulfide) groups is 1. The first kappa shape index (κ1) is 13.0. The Kier molecular flexibility index (Phi) is 5.60. The van der Waals surface area contributed by atoms with Gasteiger partial charge in [-0.05, 0) is 20.1 Å². The normalized spacial score (nSPS) is 15.2. The molecule has 0 aliphatic rings. The van der Waals surface area contributed by atoms with Crippen molar-refractivity contribution < 1.29 is 5.11 Å². The number of aromatic nitrogens is 1. The number of nitrogens with zero attached hydrogens (tertiary/aromatic N) is 1. The molecule has 0 saturated carbocycles. The molecule has 1 aromatic heterocycles. The van der Waals surface area contributed by atoms with Gasteiger partial charge in [0.1, 0.15) is 5.01 Å². The quantitative estimate of drug-likeness (QED) is 0.801. The number of hydrogen-bond acceptors (Lipinski definition) is 5. The van der Waals surface area contributed by atoms with Crippen molar-refractivity contribution in [2.75, 3.05) is 12.9 Å². The van der Waals surface area contributed by atoms with E-state index in [-0.39, 0.29) is 11.9 Å². The first-order chi connectivity index (χ1) is 7.17. The van der Waals surface area contributed by atoms with Crippen LogP contribution in [0.4, 0.5) is 0 Å². The third-order valence-electron chi connectivity index (χ3n) is 2.28. The zero-order chi connectivity index (χ0) is 11.3. The molecule has 1 heterocycles. The minimum absolute atomic E-state index is 0.215. The zero-order valence-electron chi connectivity index (χ0n) is 9.36. The van der Waals surface area contributed by atoms with Crippen molar-refractivity contribution in [3.63, 3.8) is 0 Å². The Morgan fingerprint density at radius 2 is 2.40 bits per heavy atom. The van der Waals surface area contributed by atoms with Crippen LogP contribution in [-0.2, 0) is 6.54 Å². The van der Waals surface area contributed by atoms with Gasteiger partial charge in [0.25, 0.3) is 0 Å². The standard InChI is InChI=1S/C10H18N2OS2/c1-7-6-15-10(12-7)4-11-8(2)9(5-13)14-3/h6,8-9,11,13H,4-5H2,1-3H3. The summed E-state index contributed by atoms with van der Waals surface area (Å²) in [7, 11) is 0. The highest BCUT2D eigenvalue weighted by atomic mass is 32.2. The van der Waals surface area contributed by atoms with Crippen molar-refractivity contribution >= 4 is 23.1 Å². The monoisotopic (exact) mass is 246 g/mol. The van der Waals surface area contributed by atoms with E-state index in [1.165, 1.54) is 0 Å². The number of aryl methyl sites for hydroxylation is 1. The molecule has 1 rings (SSSR count). The molecular formula is C10H18N2OS2. The van der Waals surface area contributed by atoms with E-state index < -0.39 is 0 Å². The van der Waals surface area contributed by atoms with E-state index in [0.29, 0.717) is 6.04 Å². The fraction of sp³-hybridized carbons (Fsp3) is 0.700. The molecule has 0 aliphatic carbocycles. The van der Waals surface area contributed by atoms with Crippen LogP contribution in [0.25, 0.3) is 0 Å². The molecule has 0 fully saturated rings. The topological polar surface area (TPSA) is 45.1 Å². The summed E-state index contributed by atoms with van der Waals surface area (Å²) in [6.07, 6.45) is 2.02. The molecule has 2 N–H and O–H groups in total. The van der Waals surface area contributed by atoms with Gasteiger partial charge in [-0.1, -0.05) is 0 Å². The summed E-state index contributed by atoms with van der Waals surface area (Å²) < 4.78 is 0. The van der Waals surface area contributed by atoms with Crippen LogP contribution in [0.15, 0.2) is 5.38 Å². The Morgan fingerprint density at radius 1 is 1.67 bits per heavy atom. The molecule has 86 valence electrons. The van der Waals surface area contributed by atoms with Gasteiger partial charge in [-0.3, -0.25) is 0 Å². The first-order valence-corrected chi connectivity index (χ1v) is 7.12. The highest BCUT2D eigenvalue weighted by Crippen LogP contribution is 2.12. The van der Waals surface area contributed by atoms with Gasteiger partial charge in [0.2, 0.25) is 0 Å². The van der Waals surface area contributed by atoms with E-state index in [1.54, 1.807) is 23.1 Å². The molecule has 1 aromatic rings. The van der Waals surface area contributed by atoms with Crippen LogP contribution in [0, 0.1) is 6.92 Å². The predicted molar refractivity (Wildman–Crippen MR) is 67.5 cm³/mol. The highest BCUT2D eigenvalue weighted by Gasteiger charge is 2.14. The predicted octanol–water partition coefficient (Wildman–Crippen LogP) is 1.65. The molecule has 0 spiro atoms. The molecule has 0 bridgehead atoms. The van der Waals surface area contributed by atoms with Gasteiger partial charge in [0, 0.05) is 28.9 Å². The Balaban J connectivity index is 2.36. The smallest absolute Gasteiger partial charge is 0.107 e. The van der Waals surface area contributed by atoms with Crippen molar-refractivity contribution in [1.29, 1.82) is 0 Å². The fourth-order valence-corrected chi connectivity index (χ4v) is 2.68. The van der Waals surface area contributed by atoms with Gasteiger partial charge in [-0.25, -0.2) is 4.98 Å². The van der Waals surface area contributed by atoms with Crippen molar-refractivity contribution in [3.8, 4) is 0 Å². The van der Waals surface area contributed by atoms with E-state index in [9.17, 15) is 0 Å². The summed E-state index contributed by atoms with van der Waals surface area (Å²) in [6, 6.07) is 0.300. The van der Waals surface area contributed by atoms with Crippen LogP contribution in [-0.4, -0.2) is 34.2 Å². The van der Waals surface area contributed by atoms with Gasteiger partial charge >= 0.3 is 0 Å². The Labute approximate surface area is 99.3 Å². The average Bonchev–Trinajstić information content (AvgIpc) is 2.63. The Morgan fingerprint density at radius 3 is 2.87 bits per heavy atom. The number of thiazole rings is 1. The molecule has 15 heavy (non-hydrogen) atoms. The number of nitrogens with one attached hydrogen (secondary N) is 1. The lowest BCUT2D eigenvalue weighted by molar-refractivity contribution is 0.276. The van der Waals surface area contributed by atoms with Crippen LogP contribution in [0.1, 0.15) is 17.6 Å². The molecule has 2 atom stereocenters. The first-order valence-electron chi connectivity index (χ1n) is 4.95. The molecule has 0 radical (unpaired) electrons. The third kappa shape index (κ3) is 4.10. The highest BCUT2D eigenvalue weighted by molar-refractivity contribution is 7.99. The van der Waals surface area contributed by atoms with Crippen molar-refractivity contribution in [3.05, 3.63) is 16.1 Å². The molecule has 0 aromatic carbocycles. The molecule has 2 unspecified atom stereocenters.